The Bertz CT molecular complexity index is 2240. The number of unbranched alkanes of at least 4 members (excludes halogenated alkanes) is 1. The zero-order valence-electron chi connectivity index (χ0n) is 34.9. The molecule has 1 aliphatic rings. The number of hydrogen-bond donors (Lipinski definition) is 11. The maximum absolute atomic E-state index is 12.7. The molecule has 1 aromatic carbocycles. The lowest BCUT2D eigenvalue weighted by Crippen LogP contribution is -2.46. The molecule has 2 aromatic heterocycles. The predicted octanol–water partition coefficient (Wildman–Crippen LogP) is -0.535. The number of imidazole rings is 1. The molecule has 3 heterocycles. The molecule has 362 valence electrons. The molecule has 1 fully saturated rings. The van der Waals surface area contributed by atoms with E-state index >= 15 is 0 Å². The molecule has 65 heavy (non-hydrogen) atoms. The highest BCUT2D eigenvalue weighted by atomic mass is 32.2. The van der Waals surface area contributed by atoms with Crippen molar-refractivity contribution in [2.24, 2.45) is 5.41 Å². The monoisotopic (exact) mass is 999 g/mol. The van der Waals surface area contributed by atoms with E-state index in [1.54, 1.807) is 24.3 Å². The van der Waals surface area contributed by atoms with Crippen molar-refractivity contribution in [1.82, 2.24) is 40.8 Å². The third kappa shape index (κ3) is 17.3. The zero-order valence-corrected chi connectivity index (χ0v) is 38.4. The zero-order chi connectivity index (χ0) is 48.0. The second kappa shape index (κ2) is 24.2. The second-order valence-electron chi connectivity index (χ2n) is 14.8. The number of phosphoric ester groups is 3. The third-order valence-corrected chi connectivity index (χ3v) is 13.2. The van der Waals surface area contributed by atoms with Crippen LogP contribution in [0.4, 0.5) is 5.82 Å². The number of carbonyl (C=O) groups excluding carboxylic acids is 4. The van der Waals surface area contributed by atoms with E-state index < -0.39 is 84.6 Å². The highest BCUT2D eigenvalue weighted by Crippen LogP contribution is 2.61. The lowest BCUT2D eigenvalue weighted by molar-refractivity contribution is -0.137. The summed E-state index contributed by atoms with van der Waals surface area (Å²) in [5.74, 6) is -1.22. The first kappa shape index (κ1) is 53.7. The van der Waals surface area contributed by atoms with Crippen LogP contribution in [0.1, 0.15) is 49.7 Å². The van der Waals surface area contributed by atoms with Gasteiger partial charge in [0.15, 0.2) is 17.7 Å². The first-order valence-corrected chi connectivity index (χ1v) is 25.2. The molecule has 0 spiro atoms. The molecular weight excluding hydrogens is 947 g/mol. The van der Waals surface area contributed by atoms with Crippen LogP contribution >= 0.6 is 35.2 Å². The van der Waals surface area contributed by atoms with Crippen LogP contribution in [0.3, 0.4) is 0 Å². The number of aromatic nitrogens is 4. The van der Waals surface area contributed by atoms with Gasteiger partial charge in [0.05, 0.1) is 25.3 Å². The van der Waals surface area contributed by atoms with Gasteiger partial charge in [-0.2, -0.15) is 16.1 Å². The molecule has 4 rings (SSSR count). The number of thioether (sulfide) groups is 1. The van der Waals surface area contributed by atoms with Crippen LogP contribution < -0.4 is 27.0 Å². The fourth-order valence-electron chi connectivity index (χ4n) is 5.79. The van der Waals surface area contributed by atoms with Crippen LogP contribution in [-0.4, -0.2) is 148 Å². The number of phosphoric acid groups is 3. The molecule has 4 amide bonds. The van der Waals surface area contributed by atoms with Crippen molar-refractivity contribution in [3.63, 3.8) is 0 Å². The molecular formula is C34H52N9O18P3S. The van der Waals surface area contributed by atoms with Gasteiger partial charge in [0, 0.05) is 49.3 Å². The van der Waals surface area contributed by atoms with Crippen molar-refractivity contribution in [3.8, 4) is 0 Å². The number of carbonyl (C=O) groups is 4. The quantitative estimate of drug-likeness (QED) is 0.0338. The Labute approximate surface area is 375 Å². The number of fused-ring (bicyclic) bond motifs is 1. The Morgan fingerprint density at radius 2 is 1.57 bits per heavy atom. The van der Waals surface area contributed by atoms with Gasteiger partial charge in [-0.1, -0.05) is 32.0 Å². The minimum Gasteiger partial charge on any atom is -0.386 e. The van der Waals surface area contributed by atoms with Crippen LogP contribution in [0.2, 0.25) is 0 Å². The van der Waals surface area contributed by atoms with Gasteiger partial charge in [0.2, 0.25) is 17.7 Å². The van der Waals surface area contributed by atoms with E-state index in [1.807, 2.05) is 6.07 Å². The summed E-state index contributed by atoms with van der Waals surface area (Å²) in [6.45, 7) is 1.40. The molecule has 0 aliphatic carbocycles. The van der Waals surface area contributed by atoms with Crippen molar-refractivity contribution in [2.45, 2.75) is 63.8 Å². The molecule has 1 saturated heterocycles. The van der Waals surface area contributed by atoms with Crippen molar-refractivity contribution in [1.29, 1.82) is 0 Å². The number of benzene rings is 1. The van der Waals surface area contributed by atoms with Gasteiger partial charge >= 0.3 is 23.5 Å². The molecule has 0 radical (unpaired) electrons. The fourth-order valence-corrected chi connectivity index (χ4v) is 9.30. The van der Waals surface area contributed by atoms with E-state index in [2.05, 4.69) is 45.1 Å². The standard InChI is InChI=1S/C34H52N9O18P3S/c1-34(2,28(47)32(49)39-13-10-23(44)37-14-15-65-17-24(45)36-11-6-7-12-38-31(48)21-8-4-3-5-9-21)18-58-64(55,56)61-63(53,54)57-16-22-27(60-62(50,51)52)26(46)33(59-22)43-20-42-25-29(35)40-19-41-30(25)43/h3-5,8-9,19-20,22,26-28,33,46-47H,6-7,10-18H2,1-2H3,(H,36,45)(H,37,44)(H,38,48)(H,39,49)(H,53,54)(H,55,56)(H2,35,40,41)(H2,50,51,52)/t22-,26-,27-,28+,33-/m1/s1. The normalized spacial score (nSPS) is 20.1. The number of hydrogen-bond acceptors (Lipinski definition) is 19. The van der Waals surface area contributed by atoms with Crippen LogP contribution in [0, 0.1) is 5.41 Å². The van der Waals surface area contributed by atoms with Crippen molar-refractivity contribution in [2.75, 3.05) is 56.6 Å². The van der Waals surface area contributed by atoms with Crippen molar-refractivity contribution >= 4 is 75.8 Å². The van der Waals surface area contributed by atoms with E-state index in [4.69, 9.17) is 19.5 Å². The van der Waals surface area contributed by atoms with Crippen molar-refractivity contribution < 1.29 is 85.3 Å². The number of anilines is 1. The maximum atomic E-state index is 12.7. The van der Waals surface area contributed by atoms with Gasteiger partial charge in [-0.15, -0.1) is 0 Å². The maximum Gasteiger partial charge on any atom is 0.481 e. The summed E-state index contributed by atoms with van der Waals surface area (Å²) >= 11 is 1.29. The van der Waals surface area contributed by atoms with E-state index in [0.717, 1.165) is 17.2 Å². The molecule has 27 nitrogen and oxygen atoms in total. The van der Waals surface area contributed by atoms with Gasteiger partial charge in [-0.25, -0.2) is 28.6 Å². The van der Waals surface area contributed by atoms with Gasteiger partial charge in [0.1, 0.15) is 36.3 Å². The first-order chi connectivity index (χ1) is 30.5. The second-order valence-corrected chi connectivity index (χ2v) is 20.1. The first-order valence-electron chi connectivity index (χ1n) is 19.6. The number of aliphatic hydroxyl groups excluding tert-OH is 2. The van der Waals surface area contributed by atoms with E-state index in [-0.39, 0.29) is 54.1 Å². The average molecular weight is 1000 g/mol. The molecule has 2 unspecified atom stereocenters. The Balaban J connectivity index is 1.11. The van der Waals surface area contributed by atoms with Gasteiger partial charge < -0.3 is 61.5 Å². The van der Waals surface area contributed by atoms with E-state index in [0.29, 0.717) is 37.2 Å². The van der Waals surface area contributed by atoms with Crippen molar-refractivity contribution in [3.05, 3.63) is 48.5 Å². The van der Waals surface area contributed by atoms with Gasteiger partial charge in [0.25, 0.3) is 5.91 Å². The largest absolute Gasteiger partial charge is 0.481 e. The fraction of sp³-hybridized carbons (Fsp3) is 0.559. The molecule has 1 aliphatic heterocycles. The molecule has 7 atom stereocenters. The number of nitrogens with one attached hydrogen (secondary N) is 4. The minimum absolute atomic E-state index is 0.0249. The Hall–Kier alpha value is -3.95. The summed E-state index contributed by atoms with van der Waals surface area (Å²) in [4.78, 5) is 100. The molecule has 12 N–H and O–H groups in total. The molecule has 31 heteroatoms. The highest BCUT2D eigenvalue weighted by molar-refractivity contribution is 7.99. The SMILES string of the molecule is CC(C)(COP(=O)(O)OP(=O)(O)OC[C@H]1O[C@@H](n2cnc3c(N)ncnc32)[C@H](O)[C@@H]1OP(=O)(O)O)[C@@H](O)C(=O)NCCC(=O)NCCSCC(=O)NCCCCNC(=O)c1ccccc1. The van der Waals surface area contributed by atoms with Crippen LogP contribution in [-0.2, 0) is 50.7 Å². The number of aliphatic hydroxyl groups is 2. The number of nitrogen functional groups attached to an aromatic ring is 1. The summed E-state index contributed by atoms with van der Waals surface area (Å²) < 4.78 is 62.3. The third-order valence-electron chi connectivity index (χ3n) is 9.13. The highest BCUT2D eigenvalue weighted by Gasteiger charge is 2.50. The Morgan fingerprint density at radius 1 is 0.908 bits per heavy atom. The summed E-state index contributed by atoms with van der Waals surface area (Å²) in [6.07, 6.45) is -5.62. The molecule has 0 saturated carbocycles. The molecule has 0 bridgehead atoms. The van der Waals surface area contributed by atoms with Crippen LogP contribution in [0.25, 0.3) is 11.2 Å². The van der Waals surface area contributed by atoms with Crippen LogP contribution in [0.15, 0.2) is 43.0 Å². The smallest absolute Gasteiger partial charge is 0.386 e. The Morgan fingerprint density at radius 3 is 2.26 bits per heavy atom. The predicted molar refractivity (Wildman–Crippen MR) is 228 cm³/mol. The lowest BCUT2D eigenvalue weighted by atomic mass is 9.87. The summed E-state index contributed by atoms with van der Waals surface area (Å²) in [5.41, 5.74) is 4.82. The molecule has 3 aromatic rings. The minimum atomic E-state index is -5.59. The Kier molecular flexibility index (Phi) is 20.0. The van der Waals surface area contributed by atoms with Crippen LogP contribution in [0.5, 0.6) is 0 Å². The number of rotatable bonds is 27. The van der Waals surface area contributed by atoms with Gasteiger partial charge in [-0.3, -0.25) is 37.3 Å². The number of amides is 4. The topological polar surface area (TPSA) is 405 Å². The van der Waals surface area contributed by atoms with Gasteiger partial charge in [-0.05, 0) is 25.0 Å². The summed E-state index contributed by atoms with van der Waals surface area (Å²) in [5, 5.41) is 32.1. The number of nitrogens with zero attached hydrogens (tertiary/aromatic N) is 4. The lowest BCUT2D eigenvalue weighted by Gasteiger charge is -2.30. The van der Waals surface area contributed by atoms with E-state index in [9.17, 15) is 62.7 Å². The summed E-state index contributed by atoms with van der Waals surface area (Å²) in [6, 6.07) is 8.82. The summed E-state index contributed by atoms with van der Waals surface area (Å²) in [7, 11) is -16.4. The average Bonchev–Trinajstić information content (AvgIpc) is 3.80. The number of ether oxygens (including phenoxy) is 1. The van der Waals surface area contributed by atoms with E-state index in [1.165, 1.54) is 25.6 Å². The number of nitrogens with two attached hydrogens (primary N) is 1.